The van der Waals surface area contributed by atoms with Gasteiger partial charge in [-0.3, -0.25) is 0 Å². The highest BCUT2D eigenvalue weighted by Crippen LogP contribution is 2.32. The Bertz CT molecular complexity index is 331. The van der Waals surface area contributed by atoms with E-state index in [1.165, 1.54) is 0 Å². The summed E-state index contributed by atoms with van der Waals surface area (Å²) in [5, 5.41) is 9.75. The van der Waals surface area contributed by atoms with E-state index in [1.54, 1.807) is 0 Å². The summed E-state index contributed by atoms with van der Waals surface area (Å²) in [6, 6.07) is 3.82. The van der Waals surface area contributed by atoms with Crippen LogP contribution in [0.1, 0.15) is 24.0 Å². The molecule has 0 spiro atoms. The summed E-state index contributed by atoms with van der Waals surface area (Å²) in [5.74, 6) is 0.548. The molecule has 1 nitrogen and oxygen atoms in total. The molecule has 0 aliphatic rings. The van der Waals surface area contributed by atoms with Crippen molar-refractivity contribution in [2.75, 3.05) is 0 Å². The summed E-state index contributed by atoms with van der Waals surface area (Å²) >= 11 is 3.40. The molecule has 0 aliphatic carbocycles. The van der Waals surface area contributed by atoms with Crippen LogP contribution in [-0.4, -0.2) is 5.11 Å². The number of halogens is 1. The molecule has 70 valence electrons. The molecule has 0 fully saturated rings. The molecule has 0 aliphatic heterocycles. The van der Waals surface area contributed by atoms with Crippen LogP contribution in [0.4, 0.5) is 0 Å². The van der Waals surface area contributed by atoms with Crippen molar-refractivity contribution in [2.45, 2.75) is 19.8 Å². The van der Waals surface area contributed by atoms with E-state index < -0.39 is 0 Å². The molecule has 2 heteroatoms. The van der Waals surface area contributed by atoms with Gasteiger partial charge in [-0.15, -0.1) is 6.58 Å². The van der Waals surface area contributed by atoms with E-state index in [2.05, 4.69) is 22.5 Å². The third kappa shape index (κ3) is 2.13. The molecule has 0 radical (unpaired) electrons. The number of hydrogen-bond donors (Lipinski definition) is 1. The summed E-state index contributed by atoms with van der Waals surface area (Å²) in [5.41, 5.74) is 1.81. The van der Waals surface area contributed by atoms with E-state index in [1.807, 2.05) is 32.1 Å². The van der Waals surface area contributed by atoms with Gasteiger partial charge in [-0.25, -0.2) is 0 Å². The van der Waals surface area contributed by atoms with Crippen molar-refractivity contribution < 1.29 is 5.11 Å². The first-order valence-corrected chi connectivity index (χ1v) is 4.97. The maximum absolute atomic E-state index is 9.75. The lowest BCUT2D eigenvalue weighted by Gasteiger charge is -2.11. The van der Waals surface area contributed by atoms with Crippen molar-refractivity contribution in [3.8, 4) is 5.75 Å². The average molecular weight is 241 g/mol. The van der Waals surface area contributed by atoms with Crippen LogP contribution in [0.3, 0.4) is 0 Å². The van der Waals surface area contributed by atoms with Gasteiger partial charge in [-0.2, -0.15) is 0 Å². The largest absolute Gasteiger partial charge is 0.507 e. The summed E-state index contributed by atoms with van der Waals surface area (Å²) in [7, 11) is 0. The van der Waals surface area contributed by atoms with Gasteiger partial charge in [0.2, 0.25) is 0 Å². The molecule has 0 saturated heterocycles. The summed E-state index contributed by atoms with van der Waals surface area (Å²) in [6.07, 6.45) is 1.82. The van der Waals surface area contributed by atoms with Gasteiger partial charge in [0.1, 0.15) is 5.75 Å². The number of phenolic OH excluding ortho intramolecular Hbond substituents is 1. The van der Waals surface area contributed by atoms with Crippen LogP contribution in [0.5, 0.6) is 5.75 Å². The zero-order valence-electron chi connectivity index (χ0n) is 7.84. The first kappa shape index (κ1) is 10.3. The van der Waals surface area contributed by atoms with Gasteiger partial charge in [-0.05, 0) is 24.6 Å². The van der Waals surface area contributed by atoms with Gasteiger partial charge in [0.25, 0.3) is 0 Å². The van der Waals surface area contributed by atoms with Crippen molar-refractivity contribution in [1.29, 1.82) is 0 Å². The van der Waals surface area contributed by atoms with Crippen LogP contribution in [-0.2, 0) is 0 Å². The van der Waals surface area contributed by atoms with Crippen molar-refractivity contribution in [3.63, 3.8) is 0 Å². The molecule has 1 aromatic rings. The normalized spacial score (nSPS) is 12.5. The maximum atomic E-state index is 9.75. The Balaban J connectivity index is 3.27. The van der Waals surface area contributed by atoms with E-state index in [0.717, 1.165) is 15.6 Å². The predicted octanol–water partition coefficient (Wildman–Crippen LogP) is 3.75. The van der Waals surface area contributed by atoms with Gasteiger partial charge >= 0.3 is 0 Å². The number of aryl methyl sites for hydroxylation is 1. The maximum Gasteiger partial charge on any atom is 0.122 e. The number of phenols is 1. The van der Waals surface area contributed by atoms with E-state index in [-0.39, 0.29) is 5.92 Å². The van der Waals surface area contributed by atoms with Gasteiger partial charge in [0.05, 0.1) is 0 Å². The third-order valence-electron chi connectivity index (χ3n) is 2.14. The van der Waals surface area contributed by atoms with Gasteiger partial charge in [0, 0.05) is 16.0 Å². The van der Waals surface area contributed by atoms with Crippen LogP contribution in [0.25, 0.3) is 0 Å². The van der Waals surface area contributed by atoms with Gasteiger partial charge in [0.15, 0.2) is 0 Å². The second-order valence-electron chi connectivity index (χ2n) is 3.18. The Morgan fingerprint density at radius 2 is 2.15 bits per heavy atom. The van der Waals surface area contributed by atoms with Crippen molar-refractivity contribution >= 4 is 15.9 Å². The smallest absolute Gasteiger partial charge is 0.122 e. The molecule has 0 amide bonds. The van der Waals surface area contributed by atoms with Gasteiger partial charge < -0.3 is 5.11 Å². The molecule has 0 saturated carbocycles. The predicted molar refractivity (Wildman–Crippen MR) is 59.2 cm³/mol. The fraction of sp³-hybridized carbons (Fsp3) is 0.273. The molecule has 1 atom stereocenters. The lowest BCUT2D eigenvalue weighted by molar-refractivity contribution is 0.462. The van der Waals surface area contributed by atoms with Crippen LogP contribution in [0.15, 0.2) is 29.3 Å². The fourth-order valence-electron chi connectivity index (χ4n) is 1.24. The third-order valence-corrected chi connectivity index (χ3v) is 2.60. The van der Waals surface area contributed by atoms with Crippen LogP contribution in [0.2, 0.25) is 0 Å². The van der Waals surface area contributed by atoms with Gasteiger partial charge in [-0.1, -0.05) is 28.9 Å². The molecular formula is C11H13BrO. The highest BCUT2D eigenvalue weighted by atomic mass is 79.9. The van der Waals surface area contributed by atoms with Crippen LogP contribution >= 0.6 is 15.9 Å². The molecule has 1 rings (SSSR count). The monoisotopic (exact) mass is 240 g/mol. The molecule has 13 heavy (non-hydrogen) atoms. The lowest BCUT2D eigenvalue weighted by Crippen LogP contribution is -1.91. The molecule has 0 bridgehead atoms. The molecule has 0 aromatic heterocycles. The zero-order chi connectivity index (χ0) is 10.0. The number of allylic oxidation sites excluding steroid dienone is 1. The SMILES string of the molecule is C=CC(C)c1cc(Br)cc(C)c1O. The van der Waals surface area contributed by atoms with E-state index in [0.29, 0.717) is 5.75 Å². The second-order valence-corrected chi connectivity index (χ2v) is 4.10. The topological polar surface area (TPSA) is 20.2 Å². The quantitative estimate of drug-likeness (QED) is 0.781. The van der Waals surface area contributed by atoms with Crippen LogP contribution < -0.4 is 0 Å². The van der Waals surface area contributed by atoms with E-state index >= 15 is 0 Å². The zero-order valence-corrected chi connectivity index (χ0v) is 9.43. The molecule has 1 unspecified atom stereocenters. The van der Waals surface area contributed by atoms with E-state index in [9.17, 15) is 5.11 Å². The highest BCUT2D eigenvalue weighted by Gasteiger charge is 2.10. The number of benzene rings is 1. The summed E-state index contributed by atoms with van der Waals surface area (Å²) < 4.78 is 0.992. The Kier molecular flexibility index (Phi) is 3.15. The minimum atomic E-state index is 0.177. The highest BCUT2D eigenvalue weighted by molar-refractivity contribution is 9.10. The fourth-order valence-corrected chi connectivity index (χ4v) is 1.83. The Morgan fingerprint density at radius 1 is 1.54 bits per heavy atom. The molecule has 1 aromatic carbocycles. The number of aromatic hydroxyl groups is 1. The Morgan fingerprint density at radius 3 is 2.69 bits per heavy atom. The minimum Gasteiger partial charge on any atom is -0.507 e. The first-order chi connectivity index (χ1) is 6.06. The van der Waals surface area contributed by atoms with Crippen molar-refractivity contribution in [1.82, 2.24) is 0 Å². The molecule has 0 heterocycles. The van der Waals surface area contributed by atoms with Crippen molar-refractivity contribution in [3.05, 3.63) is 40.4 Å². The minimum absolute atomic E-state index is 0.177. The summed E-state index contributed by atoms with van der Waals surface area (Å²) in [6.45, 7) is 7.61. The molecular weight excluding hydrogens is 228 g/mol. The standard InChI is InChI=1S/C11H13BrO/c1-4-7(2)10-6-9(12)5-8(3)11(10)13/h4-7,13H,1H2,2-3H3. The van der Waals surface area contributed by atoms with E-state index in [4.69, 9.17) is 0 Å². The molecule has 1 N–H and O–H groups in total. The Hall–Kier alpha value is -0.760. The number of hydrogen-bond acceptors (Lipinski definition) is 1. The summed E-state index contributed by atoms with van der Waals surface area (Å²) in [4.78, 5) is 0. The van der Waals surface area contributed by atoms with Crippen LogP contribution in [0, 0.1) is 6.92 Å². The lowest BCUT2D eigenvalue weighted by atomic mass is 9.98. The average Bonchev–Trinajstić information content (AvgIpc) is 2.10. The first-order valence-electron chi connectivity index (χ1n) is 4.17. The van der Waals surface area contributed by atoms with Crippen molar-refractivity contribution in [2.24, 2.45) is 0 Å². The Labute approximate surface area is 87.2 Å². The number of rotatable bonds is 2. The second kappa shape index (κ2) is 3.97.